The van der Waals surface area contributed by atoms with Crippen molar-refractivity contribution in [3.05, 3.63) is 0 Å². The third kappa shape index (κ3) is 3.35. The number of carbonyl (C=O) groups excluding carboxylic acids is 1. The quantitative estimate of drug-likeness (QED) is 0.657. The fourth-order valence-electron chi connectivity index (χ4n) is 1.55. The van der Waals surface area contributed by atoms with Gasteiger partial charge in [-0.15, -0.1) is 0 Å². The van der Waals surface area contributed by atoms with E-state index in [4.69, 9.17) is 0 Å². The number of methoxy groups -OCH3 is 1. The first kappa shape index (κ1) is 10.5. The Morgan fingerprint density at radius 1 is 1.62 bits per heavy atom. The minimum Gasteiger partial charge on any atom is -0.468 e. The maximum atomic E-state index is 11.0. The van der Waals surface area contributed by atoms with E-state index in [9.17, 15) is 4.79 Å². The Morgan fingerprint density at radius 2 is 2.31 bits per heavy atom. The summed E-state index contributed by atoms with van der Waals surface area (Å²) < 4.78 is 4.61. The van der Waals surface area contributed by atoms with Crippen molar-refractivity contribution in [1.82, 2.24) is 5.32 Å². The Hall–Kier alpha value is -0.570. The van der Waals surface area contributed by atoms with E-state index in [0.717, 1.165) is 12.5 Å². The minimum absolute atomic E-state index is 0.162. The highest BCUT2D eigenvalue weighted by Gasteiger charge is 2.18. The normalized spacial score (nSPS) is 19.2. The van der Waals surface area contributed by atoms with E-state index in [0.29, 0.717) is 0 Å². The first-order valence-electron chi connectivity index (χ1n) is 5.05. The maximum Gasteiger partial charge on any atom is 0.322 e. The molecule has 1 aliphatic rings. The van der Waals surface area contributed by atoms with Crippen LogP contribution < -0.4 is 5.32 Å². The van der Waals surface area contributed by atoms with Crippen LogP contribution in [0.2, 0.25) is 0 Å². The summed E-state index contributed by atoms with van der Waals surface area (Å²) in [6.07, 6.45) is 5.32. The first-order valence-corrected chi connectivity index (χ1v) is 5.05. The molecular weight excluding hydrogens is 166 g/mol. The largest absolute Gasteiger partial charge is 0.468 e. The summed E-state index contributed by atoms with van der Waals surface area (Å²) in [6, 6.07) is -0.162. The van der Waals surface area contributed by atoms with E-state index in [1.54, 1.807) is 0 Å². The number of nitrogens with one attached hydrogen (secondary N) is 1. The maximum absolute atomic E-state index is 11.0. The van der Waals surface area contributed by atoms with Gasteiger partial charge in [0.15, 0.2) is 0 Å². The zero-order valence-corrected chi connectivity index (χ0v) is 8.51. The molecule has 1 unspecified atom stereocenters. The standard InChI is InChI=1S/C10H19NO2/c1-8(10(12)13-2)11-7-6-9-4-3-5-9/h8-9,11H,3-7H2,1-2H3. The summed E-state index contributed by atoms with van der Waals surface area (Å²) >= 11 is 0. The van der Waals surface area contributed by atoms with E-state index in [1.807, 2.05) is 6.92 Å². The van der Waals surface area contributed by atoms with Crippen LogP contribution in [-0.2, 0) is 9.53 Å². The molecule has 3 nitrogen and oxygen atoms in total. The van der Waals surface area contributed by atoms with E-state index in [-0.39, 0.29) is 12.0 Å². The van der Waals surface area contributed by atoms with Crippen molar-refractivity contribution < 1.29 is 9.53 Å². The molecule has 0 saturated heterocycles. The molecule has 0 aromatic carbocycles. The lowest BCUT2D eigenvalue weighted by atomic mass is 9.83. The molecule has 1 saturated carbocycles. The van der Waals surface area contributed by atoms with Gasteiger partial charge in [-0.25, -0.2) is 0 Å². The zero-order chi connectivity index (χ0) is 9.68. The lowest BCUT2D eigenvalue weighted by molar-refractivity contribution is -0.142. The molecule has 0 radical (unpaired) electrons. The predicted octanol–water partition coefficient (Wildman–Crippen LogP) is 1.33. The highest BCUT2D eigenvalue weighted by atomic mass is 16.5. The van der Waals surface area contributed by atoms with Crippen molar-refractivity contribution >= 4 is 5.97 Å². The van der Waals surface area contributed by atoms with Crippen molar-refractivity contribution in [2.75, 3.05) is 13.7 Å². The fraction of sp³-hybridized carbons (Fsp3) is 0.900. The van der Waals surface area contributed by atoms with Crippen LogP contribution in [0.4, 0.5) is 0 Å². The molecule has 76 valence electrons. The van der Waals surface area contributed by atoms with Gasteiger partial charge in [-0.2, -0.15) is 0 Å². The van der Waals surface area contributed by atoms with Crippen LogP contribution >= 0.6 is 0 Å². The van der Waals surface area contributed by atoms with Gasteiger partial charge in [0.1, 0.15) is 6.04 Å². The summed E-state index contributed by atoms with van der Waals surface area (Å²) in [7, 11) is 1.42. The molecule has 0 heterocycles. The molecule has 0 bridgehead atoms. The second kappa shape index (κ2) is 5.22. The second-order valence-electron chi connectivity index (χ2n) is 3.78. The van der Waals surface area contributed by atoms with Gasteiger partial charge in [-0.05, 0) is 25.8 Å². The third-order valence-electron chi connectivity index (χ3n) is 2.78. The molecule has 1 N–H and O–H groups in total. The van der Waals surface area contributed by atoms with Crippen molar-refractivity contribution in [3.8, 4) is 0 Å². The first-order chi connectivity index (χ1) is 6.24. The summed E-state index contributed by atoms with van der Waals surface area (Å²) in [5, 5.41) is 3.16. The molecule has 0 aromatic rings. The molecule has 0 aromatic heterocycles. The molecule has 1 atom stereocenters. The van der Waals surface area contributed by atoms with E-state index in [2.05, 4.69) is 10.1 Å². The Labute approximate surface area is 79.8 Å². The average Bonchev–Trinajstić information content (AvgIpc) is 2.07. The molecule has 0 amide bonds. The van der Waals surface area contributed by atoms with E-state index < -0.39 is 0 Å². The van der Waals surface area contributed by atoms with Gasteiger partial charge in [-0.1, -0.05) is 19.3 Å². The molecule has 1 rings (SSSR count). The minimum atomic E-state index is -0.173. The molecule has 3 heteroatoms. The van der Waals surface area contributed by atoms with Crippen LogP contribution in [0.5, 0.6) is 0 Å². The van der Waals surface area contributed by atoms with E-state index >= 15 is 0 Å². The van der Waals surface area contributed by atoms with Crippen molar-refractivity contribution in [1.29, 1.82) is 0 Å². The topological polar surface area (TPSA) is 38.3 Å². The van der Waals surface area contributed by atoms with Gasteiger partial charge in [0.2, 0.25) is 0 Å². The Morgan fingerprint density at radius 3 is 2.77 bits per heavy atom. The second-order valence-corrected chi connectivity index (χ2v) is 3.78. The number of hydrogen-bond donors (Lipinski definition) is 1. The van der Waals surface area contributed by atoms with Crippen LogP contribution in [0, 0.1) is 5.92 Å². The zero-order valence-electron chi connectivity index (χ0n) is 8.51. The Bertz CT molecular complexity index is 166. The summed E-state index contributed by atoms with van der Waals surface area (Å²) in [4.78, 5) is 11.0. The van der Waals surface area contributed by atoms with Gasteiger partial charge >= 0.3 is 5.97 Å². The van der Waals surface area contributed by atoms with Crippen LogP contribution in [0.3, 0.4) is 0 Å². The molecule has 1 fully saturated rings. The van der Waals surface area contributed by atoms with Crippen LogP contribution in [0.25, 0.3) is 0 Å². The molecular formula is C10H19NO2. The van der Waals surface area contributed by atoms with Crippen LogP contribution in [0.15, 0.2) is 0 Å². The summed E-state index contributed by atoms with van der Waals surface area (Å²) in [5.74, 6) is 0.728. The molecule has 13 heavy (non-hydrogen) atoms. The van der Waals surface area contributed by atoms with Gasteiger partial charge in [0.25, 0.3) is 0 Å². The molecule has 0 spiro atoms. The smallest absolute Gasteiger partial charge is 0.322 e. The number of hydrogen-bond acceptors (Lipinski definition) is 3. The highest BCUT2D eigenvalue weighted by molar-refractivity contribution is 5.74. The number of ether oxygens (including phenoxy) is 1. The van der Waals surface area contributed by atoms with Crippen molar-refractivity contribution in [3.63, 3.8) is 0 Å². The summed E-state index contributed by atoms with van der Waals surface area (Å²) in [5.41, 5.74) is 0. The fourth-order valence-corrected chi connectivity index (χ4v) is 1.55. The van der Waals surface area contributed by atoms with Crippen LogP contribution in [0.1, 0.15) is 32.6 Å². The number of esters is 1. The predicted molar refractivity (Wildman–Crippen MR) is 51.4 cm³/mol. The third-order valence-corrected chi connectivity index (χ3v) is 2.78. The lowest BCUT2D eigenvalue weighted by Gasteiger charge is -2.25. The van der Waals surface area contributed by atoms with Crippen molar-refractivity contribution in [2.45, 2.75) is 38.6 Å². The van der Waals surface area contributed by atoms with Crippen LogP contribution in [-0.4, -0.2) is 25.7 Å². The average molecular weight is 185 g/mol. The number of carbonyl (C=O) groups is 1. The monoisotopic (exact) mass is 185 g/mol. The van der Waals surface area contributed by atoms with Gasteiger partial charge in [0, 0.05) is 0 Å². The molecule has 0 aliphatic heterocycles. The molecule has 1 aliphatic carbocycles. The van der Waals surface area contributed by atoms with Gasteiger partial charge in [-0.3, -0.25) is 4.79 Å². The lowest BCUT2D eigenvalue weighted by Crippen LogP contribution is -2.36. The van der Waals surface area contributed by atoms with Crippen molar-refractivity contribution in [2.24, 2.45) is 5.92 Å². The van der Waals surface area contributed by atoms with Gasteiger partial charge in [0.05, 0.1) is 7.11 Å². The summed E-state index contributed by atoms with van der Waals surface area (Å²) in [6.45, 7) is 2.77. The number of rotatable bonds is 5. The SMILES string of the molecule is COC(=O)C(C)NCCC1CCC1. The Balaban J connectivity index is 2.00. The van der Waals surface area contributed by atoms with Gasteiger partial charge < -0.3 is 10.1 Å². The van der Waals surface area contributed by atoms with E-state index in [1.165, 1.54) is 32.8 Å². The Kier molecular flexibility index (Phi) is 4.22. The highest BCUT2D eigenvalue weighted by Crippen LogP contribution is 2.28.